The summed E-state index contributed by atoms with van der Waals surface area (Å²) in [5.74, 6) is 0.580. The van der Waals surface area contributed by atoms with Crippen molar-refractivity contribution >= 4 is 34.8 Å². The molecule has 0 saturated carbocycles. The number of nitrogens with two attached hydrogens (primary N) is 1. The highest BCUT2D eigenvalue weighted by Gasteiger charge is 2.39. The van der Waals surface area contributed by atoms with Crippen molar-refractivity contribution in [2.24, 2.45) is 0 Å². The molecule has 190 valence electrons. The van der Waals surface area contributed by atoms with E-state index in [0.29, 0.717) is 18.1 Å². The molecule has 0 spiro atoms. The first-order chi connectivity index (χ1) is 17.4. The Morgan fingerprint density at radius 3 is 1.75 bits per heavy atom. The van der Waals surface area contributed by atoms with Crippen LogP contribution in [0.4, 0.5) is 23.0 Å². The molecular weight excluding hydrogens is 464 g/mol. The van der Waals surface area contributed by atoms with Crippen molar-refractivity contribution in [3.8, 4) is 0 Å². The van der Waals surface area contributed by atoms with Crippen LogP contribution in [0.2, 0.25) is 0 Å². The van der Waals surface area contributed by atoms with E-state index in [1.807, 2.05) is 11.0 Å². The van der Waals surface area contributed by atoms with Crippen LogP contribution in [0, 0.1) is 10.1 Å². The number of anilines is 3. The molecule has 0 radical (unpaired) electrons. The fourth-order valence-electron chi connectivity index (χ4n) is 5.50. The Hall–Kier alpha value is -3.64. The van der Waals surface area contributed by atoms with Gasteiger partial charge in [0.15, 0.2) is 6.20 Å². The number of piperazine rings is 2. The third kappa shape index (κ3) is 4.73. The number of nitrogen functional groups attached to an aromatic ring is 1. The van der Waals surface area contributed by atoms with Crippen molar-refractivity contribution in [3.05, 3.63) is 46.8 Å². The van der Waals surface area contributed by atoms with Crippen molar-refractivity contribution < 1.29 is 14.5 Å². The van der Waals surface area contributed by atoms with E-state index in [0.717, 1.165) is 64.1 Å². The molecular formula is C24H30N8O4. The Morgan fingerprint density at radius 1 is 0.778 bits per heavy atom. The minimum absolute atomic E-state index is 0.0241. The van der Waals surface area contributed by atoms with Crippen LogP contribution in [-0.4, -0.2) is 87.9 Å². The molecule has 2 atom stereocenters. The highest BCUT2D eigenvalue weighted by molar-refractivity contribution is 5.98. The number of hydrogen-bond donors (Lipinski definition) is 1. The van der Waals surface area contributed by atoms with E-state index in [1.165, 1.54) is 12.3 Å². The van der Waals surface area contributed by atoms with Gasteiger partial charge in [-0.2, -0.15) is 0 Å². The predicted octanol–water partition coefficient (Wildman–Crippen LogP) is 1.28. The second-order valence-electron chi connectivity index (χ2n) is 9.44. The van der Waals surface area contributed by atoms with Crippen LogP contribution in [-0.2, 0) is 9.59 Å². The molecule has 2 aromatic rings. The quantitative estimate of drug-likeness (QED) is 0.493. The van der Waals surface area contributed by atoms with Crippen LogP contribution in [0.25, 0.3) is 0 Å². The molecule has 2 N–H and O–H groups in total. The molecule has 2 unspecified atom stereocenters. The van der Waals surface area contributed by atoms with E-state index >= 15 is 0 Å². The molecule has 2 aromatic heterocycles. The van der Waals surface area contributed by atoms with Gasteiger partial charge in [-0.05, 0) is 66.9 Å². The molecule has 12 heteroatoms. The monoisotopic (exact) mass is 494 g/mol. The van der Waals surface area contributed by atoms with E-state index in [1.54, 1.807) is 23.2 Å². The highest BCUT2D eigenvalue weighted by atomic mass is 16.6. The van der Waals surface area contributed by atoms with Gasteiger partial charge in [-0.1, -0.05) is 0 Å². The molecule has 4 aliphatic heterocycles. The van der Waals surface area contributed by atoms with Gasteiger partial charge in [0, 0.05) is 32.2 Å². The Labute approximate surface area is 208 Å². The summed E-state index contributed by atoms with van der Waals surface area (Å²) in [6, 6.07) is 6.59. The van der Waals surface area contributed by atoms with E-state index < -0.39 is 4.92 Å². The third-order valence-electron chi connectivity index (χ3n) is 7.36. The number of carbonyl (C=O) groups is 2. The zero-order valence-electron chi connectivity index (χ0n) is 20.0. The number of amides is 2. The maximum absolute atomic E-state index is 12.3. The predicted molar refractivity (Wildman–Crippen MR) is 133 cm³/mol. The zero-order valence-corrected chi connectivity index (χ0v) is 20.0. The molecule has 4 aliphatic rings. The lowest BCUT2D eigenvalue weighted by Crippen LogP contribution is -2.54. The SMILES string of the molecule is Nc1ccc(N2CCN3CCCC3C2=O)cn1.O=C1C2CCCN2CCN1c1ccc([N+](=O)[O-])nc1. The highest BCUT2D eigenvalue weighted by Crippen LogP contribution is 2.28. The molecule has 0 bridgehead atoms. The summed E-state index contributed by atoms with van der Waals surface area (Å²) in [4.78, 5) is 50.5. The number of carbonyl (C=O) groups excluding carboxylic acids is 2. The third-order valence-corrected chi connectivity index (χ3v) is 7.36. The van der Waals surface area contributed by atoms with Gasteiger partial charge in [0.2, 0.25) is 11.8 Å². The van der Waals surface area contributed by atoms with Crippen molar-refractivity contribution in [1.29, 1.82) is 0 Å². The first kappa shape index (κ1) is 24.1. The standard InChI is InChI=1S/C12H14N4O3.C12H16N4O/c17-12-10-2-1-5-14(10)6-7-15(12)9-3-4-11(13-8-9)16(18)19;13-11-4-3-9(8-14-11)16-7-6-15-5-1-2-10(15)12(16)17/h3-4,8,10H,1-2,5-7H2;3-4,8,10H,1-2,5-7H2,(H2,13,14). The van der Waals surface area contributed by atoms with E-state index in [9.17, 15) is 19.7 Å². The van der Waals surface area contributed by atoms with Gasteiger partial charge >= 0.3 is 5.82 Å². The van der Waals surface area contributed by atoms with Crippen molar-refractivity contribution in [2.45, 2.75) is 37.8 Å². The summed E-state index contributed by atoms with van der Waals surface area (Å²) in [6.07, 6.45) is 7.15. The Bertz CT molecular complexity index is 1130. The first-order valence-electron chi connectivity index (χ1n) is 12.4. The number of nitro groups is 1. The second-order valence-corrected chi connectivity index (χ2v) is 9.44. The number of rotatable bonds is 3. The number of nitrogens with zero attached hydrogens (tertiary/aromatic N) is 7. The molecule has 6 heterocycles. The molecule has 6 rings (SSSR count). The average molecular weight is 495 g/mol. The fraction of sp³-hybridized carbons (Fsp3) is 0.500. The fourth-order valence-corrected chi connectivity index (χ4v) is 5.50. The molecule has 0 aliphatic carbocycles. The molecule has 4 saturated heterocycles. The summed E-state index contributed by atoms with van der Waals surface area (Å²) >= 11 is 0. The van der Waals surface area contributed by atoms with Crippen LogP contribution in [0.3, 0.4) is 0 Å². The van der Waals surface area contributed by atoms with Crippen molar-refractivity contribution in [1.82, 2.24) is 19.8 Å². The van der Waals surface area contributed by atoms with Gasteiger partial charge in [0.1, 0.15) is 5.82 Å². The van der Waals surface area contributed by atoms with Crippen LogP contribution < -0.4 is 15.5 Å². The lowest BCUT2D eigenvalue weighted by molar-refractivity contribution is -0.389. The first-order valence-corrected chi connectivity index (χ1v) is 12.4. The normalized spacial score (nSPS) is 24.2. The largest absolute Gasteiger partial charge is 0.384 e. The molecule has 12 nitrogen and oxygen atoms in total. The van der Waals surface area contributed by atoms with Gasteiger partial charge in [-0.25, -0.2) is 4.98 Å². The summed E-state index contributed by atoms with van der Waals surface area (Å²) in [5.41, 5.74) is 7.05. The van der Waals surface area contributed by atoms with Crippen molar-refractivity contribution in [2.75, 3.05) is 54.8 Å². The van der Waals surface area contributed by atoms with Gasteiger partial charge in [-0.3, -0.25) is 19.4 Å². The van der Waals surface area contributed by atoms with E-state index in [4.69, 9.17) is 5.73 Å². The average Bonchev–Trinajstić information content (AvgIpc) is 3.56. The zero-order chi connectivity index (χ0) is 25.2. The number of hydrogen-bond acceptors (Lipinski definition) is 9. The Kier molecular flexibility index (Phi) is 6.79. The topological polar surface area (TPSA) is 142 Å². The lowest BCUT2D eigenvalue weighted by atomic mass is 10.1. The molecule has 36 heavy (non-hydrogen) atoms. The second kappa shape index (κ2) is 10.2. The maximum Gasteiger partial charge on any atom is 0.363 e. The summed E-state index contributed by atoms with van der Waals surface area (Å²) in [6.45, 7) is 5.23. The van der Waals surface area contributed by atoms with Gasteiger partial charge < -0.3 is 25.6 Å². The van der Waals surface area contributed by atoms with Crippen LogP contribution in [0.5, 0.6) is 0 Å². The van der Waals surface area contributed by atoms with Crippen LogP contribution >= 0.6 is 0 Å². The van der Waals surface area contributed by atoms with E-state index in [-0.39, 0.29) is 29.7 Å². The molecule has 2 amide bonds. The number of fused-ring (bicyclic) bond motifs is 2. The Morgan fingerprint density at radius 2 is 1.31 bits per heavy atom. The van der Waals surface area contributed by atoms with Crippen molar-refractivity contribution in [3.63, 3.8) is 0 Å². The van der Waals surface area contributed by atoms with Crippen LogP contribution in [0.15, 0.2) is 36.7 Å². The smallest absolute Gasteiger partial charge is 0.363 e. The summed E-state index contributed by atoms with van der Waals surface area (Å²) in [5, 5.41) is 10.6. The molecule has 4 fully saturated rings. The summed E-state index contributed by atoms with van der Waals surface area (Å²) < 4.78 is 0. The van der Waals surface area contributed by atoms with Gasteiger partial charge in [-0.15, -0.1) is 0 Å². The maximum atomic E-state index is 12.3. The van der Waals surface area contributed by atoms with Gasteiger partial charge in [0.05, 0.1) is 29.7 Å². The number of aromatic nitrogens is 2. The minimum atomic E-state index is -0.541. The lowest BCUT2D eigenvalue weighted by Gasteiger charge is -2.36. The van der Waals surface area contributed by atoms with E-state index in [2.05, 4.69) is 19.8 Å². The Balaban J connectivity index is 0.000000149. The van der Waals surface area contributed by atoms with Gasteiger partial charge in [0.25, 0.3) is 0 Å². The van der Waals surface area contributed by atoms with Crippen LogP contribution in [0.1, 0.15) is 25.7 Å². The summed E-state index contributed by atoms with van der Waals surface area (Å²) in [7, 11) is 0. The molecule has 0 aromatic carbocycles. The minimum Gasteiger partial charge on any atom is -0.384 e. The number of pyridine rings is 2.